The Morgan fingerprint density at radius 1 is 1.16 bits per heavy atom. The van der Waals surface area contributed by atoms with E-state index >= 15 is 0 Å². The number of thiazole rings is 1. The zero-order valence-electron chi connectivity index (χ0n) is 17.3. The lowest BCUT2D eigenvalue weighted by Gasteiger charge is -2.37. The molecule has 9 heteroatoms. The molecule has 5 rings (SSSR count). The molecule has 0 spiro atoms. The number of rotatable bonds is 6. The Hall–Kier alpha value is -3.17. The summed E-state index contributed by atoms with van der Waals surface area (Å²) >= 11 is 2.83. The van der Waals surface area contributed by atoms with Crippen LogP contribution in [0.4, 0.5) is 5.69 Å². The van der Waals surface area contributed by atoms with Crippen LogP contribution >= 0.6 is 23.1 Å². The maximum absolute atomic E-state index is 13.4. The highest BCUT2D eigenvalue weighted by Crippen LogP contribution is 2.39. The molecule has 1 aliphatic heterocycles. The Labute approximate surface area is 193 Å². The number of aryl methyl sites for hydroxylation is 1. The van der Waals surface area contributed by atoms with E-state index in [1.165, 1.54) is 11.8 Å². The molecular formula is C23H20N4O3S2. The molecule has 0 bridgehead atoms. The summed E-state index contributed by atoms with van der Waals surface area (Å²) in [7, 11) is 0. The summed E-state index contributed by atoms with van der Waals surface area (Å²) in [4.78, 5) is 19.6. The van der Waals surface area contributed by atoms with Crippen LogP contribution in [0.15, 0.2) is 69.6 Å². The number of para-hydroxylation sites is 2. The van der Waals surface area contributed by atoms with E-state index in [0.717, 1.165) is 22.0 Å². The van der Waals surface area contributed by atoms with Gasteiger partial charge in [-0.05, 0) is 24.6 Å². The Bertz CT molecular complexity index is 1220. The average Bonchev–Trinajstić information content (AvgIpc) is 3.45. The van der Waals surface area contributed by atoms with Crippen molar-refractivity contribution in [3.8, 4) is 5.75 Å². The first-order valence-corrected chi connectivity index (χ1v) is 12.0. The van der Waals surface area contributed by atoms with Crippen LogP contribution < -0.4 is 9.64 Å². The zero-order chi connectivity index (χ0) is 21.9. The Morgan fingerprint density at radius 2 is 1.97 bits per heavy atom. The fraction of sp³-hybridized carbons (Fsp3) is 0.217. The minimum Gasteiger partial charge on any atom is -0.489 e. The van der Waals surface area contributed by atoms with Gasteiger partial charge < -0.3 is 9.15 Å². The number of carbonyl (C=O) groups excluding carboxylic acids is 1. The lowest BCUT2D eigenvalue weighted by atomic mass is 10.0. The number of carbonyl (C=O) groups is 1. The van der Waals surface area contributed by atoms with E-state index in [1.807, 2.05) is 71.8 Å². The normalized spacial score (nSPS) is 15.3. The van der Waals surface area contributed by atoms with Gasteiger partial charge in [0.05, 0.1) is 34.6 Å². The van der Waals surface area contributed by atoms with Gasteiger partial charge in [0.25, 0.3) is 5.22 Å². The highest BCUT2D eigenvalue weighted by molar-refractivity contribution is 7.99. The Kier molecular flexibility index (Phi) is 5.91. The number of fused-ring (bicyclic) bond motifs is 1. The smallest absolute Gasteiger partial charge is 0.277 e. The number of anilines is 1. The van der Waals surface area contributed by atoms with Crippen molar-refractivity contribution in [1.82, 2.24) is 15.2 Å². The van der Waals surface area contributed by atoms with E-state index in [-0.39, 0.29) is 17.7 Å². The molecule has 2 aromatic heterocycles. The first-order chi connectivity index (χ1) is 15.7. The van der Waals surface area contributed by atoms with E-state index in [1.54, 1.807) is 11.3 Å². The summed E-state index contributed by atoms with van der Waals surface area (Å²) in [6, 6.07) is 17.3. The van der Waals surface area contributed by atoms with Gasteiger partial charge in [0.15, 0.2) is 0 Å². The third-order valence-electron chi connectivity index (χ3n) is 5.05. The van der Waals surface area contributed by atoms with Crippen molar-refractivity contribution in [2.24, 2.45) is 0 Å². The van der Waals surface area contributed by atoms with Gasteiger partial charge in [-0.2, -0.15) is 0 Å². The number of benzene rings is 2. The van der Waals surface area contributed by atoms with Crippen LogP contribution in [0.5, 0.6) is 5.75 Å². The summed E-state index contributed by atoms with van der Waals surface area (Å²) < 4.78 is 11.7. The number of ether oxygens (including phenoxy) is 1. The molecule has 32 heavy (non-hydrogen) atoms. The first-order valence-electron chi connectivity index (χ1n) is 10.1. The number of aromatic nitrogens is 3. The van der Waals surface area contributed by atoms with Crippen LogP contribution in [0.2, 0.25) is 0 Å². The quantitative estimate of drug-likeness (QED) is 0.383. The van der Waals surface area contributed by atoms with Crippen LogP contribution in [-0.2, 0) is 11.2 Å². The molecule has 162 valence electrons. The SMILES string of the molecule is Cc1nc(Cc2nnc(SCC(=O)N3c4ccccc4OC[C@H]3c3ccccc3)o2)cs1. The van der Waals surface area contributed by atoms with Crippen molar-refractivity contribution in [2.45, 2.75) is 24.6 Å². The van der Waals surface area contributed by atoms with E-state index in [0.29, 0.717) is 29.9 Å². The molecule has 0 aliphatic carbocycles. The number of hydrogen-bond donors (Lipinski definition) is 0. The van der Waals surface area contributed by atoms with Gasteiger partial charge in [-0.25, -0.2) is 4.98 Å². The van der Waals surface area contributed by atoms with E-state index in [2.05, 4.69) is 15.2 Å². The van der Waals surface area contributed by atoms with Gasteiger partial charge in [-0.15, -0.1) is 21.5 Å². The van der Waals surface area contributed by atoms with E-state index in [4.69, 9.17) is 9.15 Å². The Balaban J connectivity index is 1.32. The van der Waals surface area contributed by atoms with E-state index in [9.17, 15) is 4.79 Å². The van der Waals surface area contributed by atoms with E-state index < -0.39 is 0 Å². The molecule has 1 atom stereocenters. The average molecular weight is 465 g/mol. The van der Waals surface area contributed by atoms with Crippen LogP contribution in [0.1, 0.15) is 28.2 Å². The van der Waals surface area contributed by atoms with Gasteiger partial charge in [-0.1, -0.05) is 54.2 Å². The molecule has 1 amide bonds. The molecule has 1 aliphatic rings. The highest BCUT2D eigenvalue weighted by atomic mass is 32.2. The third-order valence-corrected chi connectivity index (χ3v) is 6.68. The van der Waals surface area contributed by atoms with Gasteiger partial charge in [0, 0.05) is 5.38 Å². The summed E-state index contributed by atoms with van der Waals surface area (Å²) in [6.07, 6.45) is 0.485. The number of thioether (sulfide) groups is 1. The lowest BCUT2D eigenvalue weighted by molar-refractivity contribution is -0.117. The zero-order valence-corrected chi connectivity index (χ0v) is 18.9. The van der Waals surface area contributed by atoms with Crippen molar-refractivity contribution in [3.63, 3.8) is 0 Å². The van der Waals surface area contributed by atoms with Crippen molar-refractivity contribution in [1.29, 1.82) is 0 Å². The number of amides is 1. The van der Waals surface area contributed by atoms with Crippen LogP contribution in [0.3, 0.4) is 0 Å². The number of hydrogen-bond acceptors (Lipinski definition) is 8. The largest absolute Gasteiger partial charge is 0.489 e. The predicted octanol–water partition coefficient (Wildman–Crippen LogP) is 4.68. The monoisotopic (exact) mass is 464 g/mol. The minimum atomic E-state index is -0.203. The molecular weight excluding hydrogens is 444 g/mol. The van der Waals surface area contributed by atoms with Gasteiger partial charge in [-0.3, -0.25) is 9.69 Å². The fourth-order valence-corrected chi connectivity index (χ4v) is 4.88. The fourth-order valence-electron chi connectivity index (χ4n) is 3.62. The first kappa shape index (κ1) is 20.7. The van der Waals surface area contributed by atoms with Crippen molar-refractivity contribution < 1.29 is 13.9 Å². The maximum atomic E-state index is 13.4. The molecule has 7 nitrogen and oxygen atoms in total. The molecule has 0 saturated carbocycles. The van der Waals surface area contributed by atoms with Crippen molar-refractivity contribution in [2.75, 3.05) is 17.3 Å². The molecule has 4 aromatic rings. The van der Waals surface area contributed by atoms with Crippen LogP contribution in [0, 0.1) is 6.92 Å². The second kappa shape index (κ2) is 9.13. The van der Waals surface area contributed by atoms with Gasteiger partial charge >= 0.3 is 0 Å². The molecule has 0 N–H and O–H groups in total. The van der Waals surface area contributed by atoms with Gasteiger partial charge in [0.2, 0.25) is 11.8 Å². The predicted molar refractivity (Wildman–Crippen MR) is 123 cm³/mol. The lowest BCUT2D eigenvalue weighted by Crippen LogP contribution is -2.42. The van der Waals surface area contributed by atoms with Crippen molar-refractivity contribution >= 4 is 34.7 Å². The highest BCUT2D eigenvalue weighted by Gasteiger charge is 2.33. The molecule has 0 unspecified atom stereocenters. The summed E-state index contributed by atoms with van der Waals surface area (Å²) in [5.74, 6) is 1.32. The summed E-state index contributed by atoms with van der Waals surface area (Å²) in [5, 5.41) is 11.5. The third kappa shape index (κ3) is 4.39. The van der Waals surface area contributed by atoms with Crippen LogP contribution in [0.25, 0.3) is 0 Å². The van der Waals surface area contributed by atoms with Gasteiger partial charge in [0.1, 0.15) is 12.4 Å². The van der Waals surface area contributed by atoms with Crippen molar-refractivity contribution in [3.05, 3.63) is 82.1 Å². The summed E-state index contributed by atoms with van der Waals surface area (Å²) in [6.45, 7) is 2.36. The molecule has 0 saturated heterocycles. The molecule has 2 aromatic carbocycles. The standard InChI is InChI=1S/C23H20N4O3S2/c1-15-24-17(13-31-15)11-21-25-26-23(30-21)32-14-22(28)27-18-9-5-6-10-20(18)29-12-19(27)16-7-3-2-4-8-16/h2-10,13,19H,11-12,14H2,1H3/t19-/m0/s1. The summed E-state index contributed by atoms with van der Waals surface area (Å²) in [5.41, 5.74) is 2.70. The molecule has 0 radical (unpaired) electrons. The molecule has 0 fully saturated rings. The maximum Gasteiger partial charge on any atom is 0.277 e. The molecule has 3 heterocycles. The second-order valence-corrected chi connectivity index (χ2v) is 9.24. The number of nitrogens with zero attached hydrogens (tertiary/aromatic N) is 4. The van der Waals surface area contributed by atoms with Crippen LogP contribution in [-0.4, -0.2) is 33.4 Å². The second-order valence-electron chi connectivity index (χ2n) is 7.25. The minimum absolute atomic E-state index is 0.0468. The topological polar surface area (TPSA) is 81.4 Å². The Morgan fingerprint density at radius 3 is 2.78 bits per heavy atom.